The lowest BCUT2D eigenvalue weighted by molar-refractivity contribution is 0.604. The number of aryl methyl sites for hydroxylation is 1. The van der Waals surface area contributed by atoms with E-state index in [1.165, 1.54) is 22.1 Å². The Kier molecular flexibility index (Phi) is 6.47. The fourth-order valence-corrected chi connectivity index (χ4v) is 2.92. The normalized spacial score (nSPS) is 11.4. The molecule has 0 unspecified atom stereocenters. The number of rotatable bonds is 5. The maximum Gasteiger partial charge on any atom is 0.191 e. The quantitative estimate of drug-likeness (QED) is 0.498. The van der Waals surface area contributed by atoms with Crippen molar-refractivity contribution in [2.75, 3.05) is 13.3 Å². The van der Waals surface area contributed by atoms with Gasteiger partial charge in [0.25, 0.3) is 0 Å². The molecule has 2 N–H and O–H groups in total. The van der Waals surface area contributed by atoms with Crippen molar-refractivity contribution >= 4 is 17.7 Å². The molecule has 0 aliphatic carbocycles. The van der Waals surface area contributed by atoms with Gasteiger partial charge in [0.2, 0.25) is 0 Å². The molecule has 23 heavy (non-hydrogen) atoms. The number of nitrogens with zero attached hydrogens (tertiary/aromatic N) is 1. The van der Waals surface area contributed by atoms with E-state index in [1.807, 2.05) is 6.07 Å². The van der Waals surface area contributed by atoms with Crippen LogP contribution in [0.2, 0.25) is 0 Å². The summed E-state index contributed by atoms with van der Waals surface area (Å²) in [6, 6.07) is 13.1. The maximum atomic E-state index is 13.6. The van der Waals surface area contributed by atoms with Crippen LogP contribution in [0.4, 0.5) is 4.39 Å². The fraction of sp³-hybridized carbons (Fsp3) is 0.278. The lowest BCUT2D eigenvalue weighted by atomic mass is 10.1. The van der Waals surface area contributed by atoms with Gasteiger partial charge in [0.15, 0.2) is 5.96 Å². The SMILES string of the molecule is CN=C(NCc1ccccc1F)NCc1ccc(C)cc1SC. The minimum atomic E-state index is -0.210. The van der Waals surface area contributed by atoms with Crippen molar-refractivity contribution < 1.29 is 4.39 Å². The van der Waals surface area contributed by atoms with E-state index in [1.54, 1.807) is 30.9 Å². The highest BCUT2D eigenvalue weighted by Crippen LogP contribution is 2.21. The van der Waals surface area contributed by atoms with Gasteiger partial charge >= 0.3 is 0 Å². The molecule has 0 aliphatic rings. The van der Waals surface area contributed by atoms with E-state index in [2.05, 4.69) is 47.0 Å². The second kappa shape index (κ2) is 8.58. The predicted molar refractivity (Wildman–Crippen MR) is 96.4 cm³/mol. The van der Waals surface area contributed by atoms with Crippen LogP contribution >= 0.6 is 11.8 Å². The number of thioether (sulfide) groups is 1. The van der Waals surface area contributed by atoms with Crippen LogP contribution in [0.3, 0.4) is 0 Å². The molecule has 2 aromatic rings. The molecule has 0 spiro atoms. The Morgan fingerprint density at radius 2 is 1.78 bits per heavy atom. The van der Waals surface area contributed by atoms with E-state index >= 15 is 0 Å². The third kappa shape index (κ3) is 4.99. The van der Waals surface area contributed by atoms with E-state index < -0.39 is 0 Å². The van der Waals surface area contributed by atoms with E-state index in [-0.39, 0.29) is 5.82 Å². The number of aliphatic imine (C=N–C) groups is 1. The van der Waals surface area contributed by atoms with Gasteiger partial charge in [-0.1, -0.05) is 30.3 Å². The van der Waals surface area contributed by atoms with Crippen molar-refractivity contribution in [1.82, 2.24) is 10.6 Å². The van der Waals surface area contributed by atoms with Crippen LogP contribution in [0.25, 0.3) is 0 Å². The molecule has 2 rings (SSSR count). The molecular weight excluding hydrogens is 309 g/mol. The first kappa shape index (κ1) is 17.3. The highest BCUT2D eigenvalue weighted by molar-refractivity contribution is 7.98. The molecule has 0 aromatic heterocycles. The van der Waals surface area contributed by atoms with Gasteiger partial charge in [-0.2, -0.15) is 0 Å². The van der Waals surface area contributed by atoms with Crippen LogP contribution in [0.1, 0.15) is 16.7 Å². The van der Waals surface area contributed by atoms with Gasteiger partial charge in [-0.25, -0.2) is 4.39 Å². The van der Waals surface area contributed by atoms with Gasteiger partial charge in [-0.05, 0) is 36.4 Å². The van der Waals surface area contributed by atoms with E-state index in [0.29, 0.717) is 24.6 Å². The predicted octanol–water partition coefficient (Wildman–Crippen LogP) is 3.72. The summed E-state index contributed by atoms with van der Waals surface area (Å²) in [5.74, 6) is 0.444. The Hall–Kier alpha value is -2.01. The van der Waals surface area contributed by atoms with Gasteiger partial charge in [-0.15, -0.1) is 11.8 Å². The van der Waals surface area contributed by atoms with E-state index in [9.17, 15) is 4.39 Å². The molecule has 0 saturated carbocycles. The van der Waals surface area contributed by atoms with Crippen LogP contribution in [0.5, 0.6) is 0 Å². The zero-order chi connectivity index (χ0) is 16.7. The summed E-state index contributed by atoms with van der Waals surface area (Å²) in [4.78, 5) is 5.44. The molecular formula is C18H22FN3S. The van der Waals surface area contributed by atoms with Gasteiger partial charge in [0.05, 0.1) is 0 Å². The number of hydrogen-bond acceptors (Lipinski definition) is 2. The summed E-state index contributed by atoms with van der Waals surface area (Å²) in [6.45, 7) is 3.16. The summed E-state index contributed by atoms with van der Waals surface area (Å²) < 4.78 is 13.6. The molecule has 2 aromatic carbocycles. The summed E-state index contributed by atoms with van der Waals surface area (Å²) in [7, 11) is 1.71. The largest absolute Gasteiger partial charge is 0.352 e. The van der Waals surface area contributed by atoms with Gasteiger partial charge < -0.3 is 10.6 Å². The average molecular weight is 331 g/mol. The molecule has 3 nitrogen and oxygen atoms in total. The molecule has 0 amide bonds. The Balaban J connectivity index is 1.94. The van der Waals surface area contributed by atoms with Crippen molar-refractivity contribution in [1.29, 1.82) is 0 Å². The maximum absolute atomic E-state index is 13.6. The number of benzene rings is 2. The first-order valence-electron chi connectivity index (χ1n) is 7.45. The Morgan fingerprint density at radius 1 is 1.09 bits per heavy atom. The van der Waals surface area contributed by atoms with Gasteiger partial charge in [0, 0.05) is 30.6 Å². The van der Waals surface area contributed by atoms with Gasteiger partial charge in [-0.3, -0.25) is 4.99 Å². The molecule has 0 saturated heterocycles. The van der Waals surface area contributed by atoms with Crippen molar-refractivity contribution in [3.05, 3.63) is 65.0 Å². The van der Waals surface area contributed by atoms with Crippen LogP contribution in [0, 0.1) is 12.7 Å². The fourth-order valence-electron chi connectivity index (χ4n) is 2.22. The number of nitrogens with one attached hydrogen (secondary N) is 2. The molecule has 0 radical (unpaired) electrons. The highest BCUT2D eigenvalue weighted by atomic mass is 32.2. The van der Waals surface area contributed by atoms with Crippen LogP contribution in [-0.4, -0.2) is 19.3 Å². The second-order valence-corrected chi connectivity index (χ2v) is 6.03. The van der Waals surface area contributed by atoms with Crippen LogP contribution < -0.4 is 10.6 Å². The molecule has 0 heterocycles. The Bertz CT molecular complexity index is 686. The number of guanidine groups is 1. The van der Waals surface area contributed by atoms with Crippen molar-refractivity contribution in [2.45, 2.75) is 24.9 Å². The number of hydrogen-bond donors (Lipinski definition) is 2. The lowest BCUT2D eigenvalue weighted by Crippen LogP contribution is -2.36. The van der Waals surface area contributed by atoms with E-state index in [4.69, 9.17) is 0 Å². The van der Waals surface area contributed by atoms with Crippen LogP contribution in [0.15, 0.2) is 52.4 Å². The average Bonchev–Trinajstić information content (AvgIpc) is 2.57. The topological polar surface area (TPSA) is 36.4 Å². The minimum Gasteiger partial charge on any atom is -0.352 e. The van der Waals surface area contributed by atoms with Crippen LogP contribution in [-0.2, 0) is 13.1 Å². The standard InChI is InChI=1S/C18H22FN3S/c1-13-8-9-15(17(10-13)23-3)12-22-18(20-2)21-11-14-6-4-5-7-16(14)19/h4-10H,11-12H2,1-3H3,(H2,20,21,22). The molecule has 122 valence electrons. The molecule has 5 heteroatoms. The number of halogens is 1. The zero-order valence-electron chi connectivity index (χ0n) is 13.7. The summed E-state index contributed by atoms with van der Waals surface area (Å²) >= 11 is 1.73. The van der Waals surface area contributed by atoms with Gasteiger partial charge in [0.1, 0.15) is 5.82 Å². The zero-order valence-corrected chi connectivity index (χ0v) is 14.5. The van der Waals surface area contributed by atoms with Crippen molar-refractivity contribution in [3.8, 4) is 0 Å². The first-order chi connectivity index (χ1) is 11.1. The minimum absolute atomic E-state index is 0.210. The Labute approximate surface area is 141 Å². The third-order valence-electron chi connectivity index (χ3n) is 3.52. The van der Waals surface area contributed by atoms with E-state index in [0.717, 1.165) is 0 Å². The Morgan fingerprint density at radius 3 is 2.43 bits per heavy atom. The molecule has 0 fully saturated rings. The highest BCUT2D eigenvalue weighted by Gasteiger charge is 2.05. The lowest BCUT2D eigenvalue weighted by Gasteiger charge is -2.14. The first-order valence-corrected chi connectivity index (χ1v) is 8.68. The molecule has 0 bridgehead atoms. The second-order valence-electron chi connectivity index (χ2n) is 5.19. The summed E-state index contributed by atoms with van der Waals surface area (Å²) in [5.41, 5.74) is 3.09. The summed E-state index contributed by atoms with van der Waals surface area (Å²) in [6.07, 6.45) is 2.07. The molecule has 0 atom stereocenters. The smallest absolute Gasteiger partial charge is 0.191 e. The molecule has 0 aliphatic heterocycles. The monoisotopic (exact) mass is 331 g/mol. The van der Waals surface area contributed by atoms with Crippen molar-refractivity contribution in [2.24, 2.45) is 4.99 Å². The van der Waals surface area contributed by atoms with Crippen molar-refractivity contribution in [3.63, 3.8) is 0 Å². The summed E-state index contributed by atoms with van der Waals surface area (Å²) in [5, 5.41) is 6.41. The third-order valence-corrected chi connectivity index (χ3v) is 4.34.